The normalized spacial score (nSPS) is 18.5. The van der Waals surface area contributed by atoms with Crippen LogP contribution in [0.15, 0.2) is 22.7 Å². The van der Waals surface area contributed by atoms with E-state index in [1.807, 2.05) is 12.1 Å². The lowest BCUT2D eigenvalue weighted by Crippen LogP contribution is -2.36. The molecule has 1 aromatic carbocycles. The van der Waals surface area contributed by atoms with Crippen molar-refractivity contribution in [1.82, 2.24) is 4.90 Å². The number of hydrogen-bond donors (Lipinski definition) is 1. The molecule has 17 heavy (non-hydrogen) atoms. The second-order valence-corrected chi connectivity index (χ2v) is 5.32. The van der Waals surface area contributed by atoms with Crippen LogP contribution in [-0.4, -0.2) is 31.2 Å². The van der Waals surface area contributed by atoms with Gasteiger partial charge in [0.05, 0.1) is 6.10 Å². The number of anilines is 1. The summed E-state index contributed by atoms with van der Waals surface area (Å²) in [5.41, 5.74) is 7.96. The number of halogens is 1. The molecule has 0 unspecified atom stereocenters. The molecule has 1 saturated heterocycles. The van der Waals surface area contributed by atoms with Gasteiger partial charge >= 0.3 is 0 Å². The summed E-state index contributed by atoms with van der Waals surface area (Å²) in [6.07, 6.45) is 2.68. The van der Waals surface area contributed by atoms with E-state index in [1.165, 1.54) is 5.56 Å². The SMILES string of the molecule is COC1CCN(Cc2cccc(N)c2Br)CC1. The van der Waals surface area contributed by atoms with Crippen LogP contribution < -0.4 is 5.73 Å². The molecule has 0 radical (unpaired) electrons. The van der Waals surface area contributed by atoms with E-state index in [0.29, 0.717) is 6.10 Å². The van der Waals surface area contributed by atoms with Crippen LogP contribution in [0.2, 0.25) is 0 Å². The van der Waals surface area contributed by atoms with Crippen LogP contribution in [0.3, 0.4) is 0 Å². The summed E-state index contributed by atoms with van der Waals surface area (Å²) < 4.78 is 6.41. The molecule has 2 N–H and O–H groups in total. The highest BCUT2D eigenvalue weighted by Gasteiger charge is 2.19. The molecule has 0 atom stereocenters. The van der Waals surface area contributed by atoms with Gasteiger partial charge in [-0.05, 0) is 40.4 Å². The molecule has 1 fully saturated rings. The quantitative estimate of drug-likeness (QED) is 0.872. The maximum absolute atomic E-state index is 5.88. The zero-order valence-electron chi connectivity index (χ0n) is 10.2. The van der Waals surface area contributed by atoms with Crippen molar-refractivity contribution in [3.63, 3.8) is 0 Å². The third kappa shape index (κ3) is 3.21. The largest absolute Gasteiger partial charge is 0.398 e. The Morgan fingerprint density at radius 3 is 2.76 bits per heavy atom. The molecule has 94 valence electrons. The van der Waals surface area contributed by atoms with E-state index in [9.17, 15) is 0 Å². The Morgan fingerprint density at radius 2 is 2.12 bits per heavy atom. The van der Waals surface area contributed by atoms with Crippen molar-refractivity contribution in [3.05, 3.63) is 28.2 Å². The Balaban J connectivity index is 1.95. The maximum atomic E-state index is 5.88. The lowest BCUT2D eigenvalue weighted by atomic mass is 10.1. The van der Waals surface area contributed by atoms with E-state index in [0.717, 1.165) is 42.6 Å². The van der Waals surface area contributed by atoms with E-state index in [1.54, 1.807) is 7.11 Å². The van der Waals surface area contributed by atoms with Gasteiger partial charge in [0.1, 0.15) is 0 Å². The smallest absolute Gasteiger partial charge is 0.0595 e. The topological polar surface area (TPSA) is 38.5 Å². The Hall–Kier alpha value is -0.580. The van der Waals surface area contributed by atoms with E-state index in [-0.39, 0.29) is 0 Å². The summed E-state index contributed by atoms with van der Waals surface area (Å²) in [7, 11) is 1.80. The number of piperidine rings is 1. The van der Waals surface area contributed by atoms with Crippen LogP contribution >= 0.6 is 15.9 Å². The highest BCUT2D eigenvalue weighted by atomic mass is 79.9. The molecule has 0 spiro atoms. The molecule has 1 aromatic rings. The molecular formula is C13H19BrN2O. The molecule has 1 aliphatic heterocycles. The van der Waals surface area contributed by atoms with Gasteiger partial charge in [0.25, 0.3) is 0 Å². The van der Waals surface area contributed by atoms with Gasteiger partial charge in [-0.2, -0.15) is 0 Å². The Bertz CT molecular complexity index is 376. The number of ether oxygens (including phenoxy) is 1. The maximum Gasteiger partial charge on any atom is 0.0595 e. The average Bonchev–Trinajstić information content (AvgIpc) is 2.36. The van der Waals surface area contributed by atoms with Crippen molar-refractivity contribution in [2.45, 2.75) is 25.5 Å². The number of benzene rings is 1. The van der Waals surface area contributed by atoms with E-state index in [4.69, 9.17) is 10.5 Å². The van der Waals surface area contributed by atoms with Crippen LogP contribution in [0.1, 0.15) is 18.4 Å². The number of likely N-dealkylation sites (tertiary alicyclic amines) is 1. The lowest BCUT2D eigenvalue weighted by Gasteiger charge is -2.31. The summed E-state index contributed by atoms with van der Waals surface area (Å²) in [4.78, 5) is 2.45. The van der Waals surface area contributed by atoms with Gasteiger partial charge in [-0.15, -0.1) is 0 Å². The monoisotopic (exact) mass is 298 g/mol. The van der Waals surface area contributed by atoms with Gasteiger partial charge in [-0.1, -0.05) is 12.1 Å². The van der Waals surface area contributed by atoms with Gasteiger partial charge in [0.2, 0.25) is 0 Å². The molecule has 3 nitrogen and oxygen atoms in total. The molecule has 0 aromatic heterocycles. The van der Waals surface area contributed by atoms with Crippen LogP contribution in [-0.2, 0) is 11.3 Å². The minimum Gasteiger partial charge on any atom is -0.398 e. The zero-order valence-corrected chi connectivity index (χ0v) is 11.7. The number of methoxy groups -OCH3 is 1. The fraction of sp³-hybridized carbons (Fsp3) is 0.538. The molecule has 0 bridgehead atoms. The van der Waals surface area contributed by atoms with Gasteiger partial charge in [-0.3, -0.25) is 4.90 Å². The highest BCUT2D eigenvalue weighted by molar-refractivity contribution is 9.10. The fourth-order valence-electron chi connectivity index (χ4n) is 2.27. The second kappa shape index (κ2) is 5.85. The first-order valence-electron chi connectivity index (χ1n) is 5.98. The Labute approximate surface area is 111 Å². The minimum absolute atomic E-state index is 0.440. The molecule has 1 aliphatic rings. The van der Waals surface area contributed by atoms with Gasteiger partial charge in [0.15, 0.2) is 0 Å². The number of nitrogen functional groups attached to an aromatic ring is 1. The first-order valence-corrected chi connectivity index (χ1v) is 6.78. The van der Waals surface area contributed by atoms with Gasteiger partial charge in [0, 0.05) is 36.9 Å². The standard InChI is InChI=1S/C13H19BrN2O/c1-17-11-5-7-16(8-6-11)9-10-3-2-4-12(15)13(10)14/h2-4,11H,5-9,15H2,1H3. The summed E-state index contributed by atoms with van der Waals surface area (Å²) in [6, 6.07) is 6.06. The van der Waals surface area contributed by atoms with E-state index >= 15 is 0 Å². The Kier molecular flexibility index (Phi) is 4.42. The lowest BCUT2D eigenvalue weighted by molar-refractivity contribution is 0.0388. The number of rotatable bonds is 3. The molecule has 0 aliphatic carbocycles. The van der Waals surface area contributed by atoms with Crippen LogP contribution in [0.4, 0.5) is 5.69 Å². The van der Waals surface area contributed by atoms with Gasteiger partial charge < -0.3 is 10.5 Å². The van der Waals surface area contributed by atoms with Crippen molar-refractivity contribution in [2.75, 3.05) is 25.9 Å². The molecule has 0 amide bonds. The predicted octanol–water partition coefficient (Wildman–Crippen LogP) is 2.64. The summed E-state index contributed by atoms with van der Waals surface area (Å²) in [6.45, 7) is 3.15. The summed E-state index contributed by atoms with van der Waals surface area (Å²) in [5.74, 6) is 0. The van der Waals surface area contributed by atoms with Crippen LogP contribution in [0, 0.1) is 0 Å². The number of nitrogens with two attached hydrogens (primary N) is 1. The summed E-state index contributed by atoms with van der Waals surface area (Å²) >= 11 is 3.56. The highest BCUT2D eigenvalue weighted by Crippen LogP contribution is 2.26. The number of nitrogens with zero attached hydrogens (tertiary/aromatic N) is 1. The minimum atomic E-state index is 0.440. The predicted molar refractivity (Wildman–Crippen MR) is 73.9 cm³/mol. The molecule has 4 heteroatoms. The third-order valence-electron chi connectivity index (χ3n) is 3.37. The van der Waals surface area contributed by atoms with Gasteiger partial charge in [-0.25, -0.2) is 0 Å². The second-order valence-electron chi connectivity index (χ2n) is 4.53. The van der Waals surface area contributed by atoms with Crippen molar-refractivity contribution in [1.29, 1.82) is 0 Å². The van der Waals surface area contributed by atoms with Crippen molar-refractivity contribution in [2.24, 2.45) is 0 Å². The van der Waals surface area contributed by atoms with Crippen LogP contribution in [0.5, 0.6) is 0 Å². The van der Waals surface area contributed by atoms with E-state index in [2.05, 4.69) is 26.9 Å². The fourth-order valence-corrected chi connectivity index (χ4v) is 2.66. The van der Waals surface area contributed by atoms with Crippen LogP contribution in [0.25, 0.3) is 0 Å². The first kappa shape index (κ1) is 12.9. The molecule has 2 rings (SSSR count). The molecule has 1 heterocycles. The van der Waals surface area contributed by atoms with Crippen molar-refractivity contribution in [3.8, 4) is 0 Å². The first-order chi connectivity index (χ1) is 8.20. The summed E-state index contributed by atoms with van der Waals surface area (Å²) in [5, 5.41) is 0. The molecular weight excluding hydrogens is 280 g/mol. The number of hydrogen-bond acceptors (Lipinski definition) is 3. The van der Waals surface area contributed by atoms with Crippen molar-refractivity contribution < 1.29 is 4.74 Å². The third-order valence-corrected chi connectivity index (χ3v) is 4.34. The van der Waals surface area contributed by atoms with E-state index < -0.39 is 0 Å². The Morgan fingerprint density at radius 1 is 1.41 bits per heavy atom. The van der Waals surface area contributed by atoms with Crippen molar-refractivity contribution >= 4 is 21.6 Å². The zero-order chi connectivity index (χ0) is 12.3. The average molecular weight is 299 g/mol. The molecule has 0 saturated carbocycles.